The number of halogens is 1. The number of H-pyrrole nitrogens is 1. The molecule has 3 aromatic rings. The molecule has 2 heterocycles. The fourth-order valence-electron chi connectivity index (χ4n) is 1.69. The van der Waals surface area contributed by atoms with Gasteiger partial charge >= 0.3 is 5.97 Å². The van der Waals surface area contributed by atoms with Crippen molar-refractivity contribution in [3.8, 4) is 5.95 Å². The number of nitrogens with two attached hydrogens (primary N) is 1. The van der Waals surface area contributed by atoms with E-state index in [0.717, 1.165) is 0 Å². The van der Waals surface area contributed by atoms with Crippen LogP contribution in [0.5, 0.6) is 0 Å². The Morgan fingerprint density at radius 2 is 2.26 bits per heavy atom. The molecule has 0 bridgehead atoms. The molecule has 0 aliphatic carbocycles. The number of fused-ring (bicyclic) bond motifs is 1. The second-order valence-electron chi connectivity index (χ2n) is 3.93. The largest absolute Gasteiger partial charge is 0.478 e. The quantitative estimate of drug-likeness (QED) is 0.617. The SMILES string of the molecule is Nc1cc2[nH]c(-n3cc(C(=O)O)cn3)nc2cc1Cl. The number of benzene rings is 1. The van der Waals surface area contributed by atoms with Gasteiger partial charge in [0.05, 0.1) is 33.5 Å². The van der Waals surface area contributed by atoms with Gasteiger partial charge in [0.25, 0.3) is 0 Å². The van der Waals surface area contributed by atoms with Crippen molar-refractivity contribution in [2.75, 3.05) is 5.73 Å². The Morgan fingerprint density at radius 1 is 1.47 bits per heavy atom. The number of aromatic amines is 1. The number of anilines is 1. The molecule has 3 rings (SSSR count). The highest BCUT2D eigenvalue weighted by Gasteiger charge is 2.11. The summed E-state index contributed by atoms with van der Waals surface area (Å²) in [4.78, 5) is 18.0. The maximum atomic E-state index is 10.8. The molecule has 19 heavy (non-hydrogen) atoms. The average molecular weight is 278 g/mol. The summed E-state index contributed by atoms with van der Waals surface area (Å²) in [5.74, 6) is -0.654. The van der Waals surface area contributed by atoms with Gasteiger partial charge in [-0.1, -0.05) is 11.6 Å². The van der Waals surface area contributed by atoms with Gasteiger partial charge in [-0.05, 0) is 12.1 Å². The number of hydrogen-bond acceptors (Lipinski definition) is 4. The van der Waals surface area contributed by atoms with Gasteiger partial charge in [-0.25, -0.2) is 14.5 Å². The topological polar surface area (TPSA) is 110 Å². The maximum Gasteiger partial charge on any atom is 0.338 e. The van der Waals surface area contributed by atoms with Gasteiger partial charge in [-0.2, -0.15) is 5.10 Å². The minimum Gasteiger partial charge on any atom is -0.478 e. The van der Waals surface area contributed by atoms with Crippen LogP contribution in [0.4, 0.5) is 5.69 Å². The van der Waals surface area contributed by atoms with E-state index in [1.165, 1.54) is 17.1 Å². The van der Waals surface area contributed by atoms with Crippen LogP contribution in [0.15, 0.2) is 24.5 Å². The molecule has 0 atom stereocenters. The minimum absolute atomic E-state index is 0.0815. The summed E-state index contributed by atoms with van der Waals surface area (Å²) in [7, 11) is 0. The van der Waals surface area contributed by atoms with Crippen LogP contribution < -0.4 is 5.73 Å². The lowest BCUT2D eigenvalue weighted by Gasteiger charge is -1.95. The third-order valence-corrected chi connectivity index (χ3v) is 2.96. The fraction of sp³-hybridized carbons (Fsp3) is 0. The highest BCUT2D eigenvalue weighted by molar-refractivity contribution is 6.33. The smallest absolute Gasteiger partial charge is 0.338 e. The summed E-state index contributed by atoms with van der Waals surface area (Å²) in [6.07, 6.45) is 2.61. The third-order valence-electron chi connectivity index (χ3n) is 2.63. The van der Waals surface area contributed by atoms with Crippen molar-refractivity contribution >= 4 is 34.3 Å². The molecular formula is C11H8ClN5O2. The Labute approximate surface area is 111 Å². The maximum absolute atomic E-state index is 10.8. The molecular weight excluding hydrogens is 270 g/mol. The van der Waals surface area contributed by atoms with E-state index in [4.69, 9.17) is 22.4 Å². The molecule has 2 aromatic heterocycles. The van der Waals surface area contributed by atoms with E-state index in [2.05, 4.69) is 15.1 Å². The molecule has 0 amide bonds. The van der Waals surface area contributed by atoms with Crippen LogP contribution in [0, 0.1) is 0 Å². The second kappa shape index (κ2) is 3.99. The van der Waals surface area contributed by atoms with Gasteiger partial charge in [0.2, 0.25) is 5.95 Å². The van der Waals surface area contributed by atoms with Gasteiger partial charge in [-0.3, -0.25) is 0 Å². The number of carbonyl (C=O) groups is 1. The zero-order chi connectivity index (χ0) is 13.6. The first-order valence-corrected chi connectivity index (χ1v) is 5.65. The molecule has 8 heteroatoms. The number of hydrogen-bond donors (Lipinski definition) is 3. The minimum atomic E-state index is -1.05. The molecule has 0 radical (unpaired) electrons. The standard InChI is InChI=1S/C11H8ClN5O2/c12-6-1-8-9(2-7(6)13)16-11(15-8)17-4-5(3-14-17)10(18)19/h1-4H,13H2,(H,15,16)(H,18,19). The molecule has 4 N–H and O–H groups in total. The number of rotatable bonds is 2. The number of aromatic carboxylic acids is 1. The summed E-state index contributed by atoms with van der Waals surface area (Å²) in [5, 5.41) is 13.2. The number of imidazole rings is 1. The van der Waals surface area contributed by atoms with Crippen LogP contribution >= 0.6 is 11.6 Å². The number of carboxylic acid groups (broad SMARTS) is 1. The van der Waals surface area contributed by atoms with Crippen LogP contribution in [-0.2, 0) is 0 Å². The monoisotopic (exact) mass is 277 g/mol. The van der Waals surface area contributed by atoms with Crippen molar-refractivity contribution in [2.24, 2.45) is 0 Å². The van der Waals surface area contributed by atoms with Gasteiger partial charge in [-0.15, -0.1) is 0 Å². The number of nitrogens with one attached hydrogen (secondary N) is 1. The Hall–Kier alpha value is -2.54. The van der Waals surface area contributed by atoms with E-state index < -0.39 is 5.97 Å². The van der Waals surface area contributed by atoms with E-state index in [1.54, 1.807) is 12.1 Å². The second-order valence-corrected chi connectivity index (χ2v) is 4.34. The number of carboxylic acids is 1. The first-order valence-electron chi connectivity index (χ1n) is 5.27. The first-order chi connectivity index (χ1) is 9.04. The summed E-state index contributed by atoms with van der Waals surface area (Å²) in [6, 6.07) is 3.30. The Kier molecular flexibility index (Phi) is 2.42. The summed E-state index contributed by atoms with van der Waals surface area (Å²) in [6.45, 7) is 0. The predicted octanol–water partition coefficient (Wildman–Crippen LogP) is 1.68. The third kappa shape index (κ3) is 1.89. The molecule has 0 aliphatic rings. The Morgan fingerprint density at radius 3 is 2.95 bits per heavy atom. The molecule has 96 valence electrons. The van der Waals surface area contributed by atoms with Crippen LogP contribution in [0.3, 0.4) is 0 Å². The van der Waals surface area contributed by atoms with Crippen molar-refractivity contribution in [3.05, 3.63) is 35.1 Å². The molecule has 0 spiro atoms. The van der Waals surface area contributed by atoms with Crippen LogP contribution in [0.25, 0.3) is 17.0 Å². The van der Waals surface area contributed by atoms with Gasteiger partial charge in [0, 0.05) is 6.20 Å². The molecule has 0 saturated carbocycles. The highest BCUT2D eigenvalue weighted by Crippen LogP contribution is 2.25. The summed E-state index contributed by atoms with van der Waals surface area (Å²) < 4.78 is 1.34. The lowest BCUT2D eigenvalue weighted by Crippen LogP contribution is -1.97. The van der Waals surface area contributed by atoms with Gasteiger partial charge in [0.1, 0.15) is 0 Å². The Bertz CT molecular complexity index is 753. The van der Waals surface area contributed by atoms with Crippen LogP contribution in [0.2, 0.25) is 5.02 Å². The zero-order valence-corrected chi connectivity index (χ0v) is 10.2. The van der Waals surface area contributed by atoms with E-state index in [1.807, 2.05) is 0 Å². The van der Waals surface area contributed by atoms with Crippen LogP contribution in [0.1, 0.15) is 10.4 Å². The van der Waals surface area contributed by atoms with Crippen molar-refractivity contribution in [1.29, 1.82) is 0 Å². The summed E-state index contributed by atoms with van der Waals surface area (Å²) >= 11 is 5.91. The normalized spacial score (nSPS) is 11.0. The predicted molar refractivity (Wildman–Crippen MR) is 69.6 cm³/mol. The Balaban J connectivity index is 2.12. The lowest BCUT2D eigenvalue weighted by molar-refractivity contribution is 0.0697. The van der Waals surface area contributed by atoms with Crippen molar-refractivity contribution < 1.29 is 9.90 Å². The fourth-order valence-corrected chi connectivity index (χ4v) is 1.85. The molecule has 7 nitrogen and oxygen atoms in total. The molecule has 0 unspecified atom stereocenters. The summed E-state index contributed by atoms with van der Waals surface area (Å²) in [5.41, 5.74) is 7.54. The van der Waals surface area contributed by atoms with E-state index >= 15 is 0 Å². The molecule has 0 aliphatic heterocycles. The first kappa shape index (κ1) is 11.5. The highest BCUT2D eigenvalue weighted by atomic mass is 35.5. The van der Waals surface area contributed by atoms with Crippen LogP contribution in [-0.4, -0.2) is 30.8 Å². The number of nitrogens with zero attached hydrogens (tertiary/aromatic N) is 3. The van der Waals surface area contributed by atoms with Crippen molar-refractivity contribution in [3.63, 3.8) is 0 Å². The van der Waals surface area contributed by atoms with Gasteiger partial charge in [0.15, 0.2) is 0 Å². The number of nitrogen functional groups attached to an aromatic ring is 1. The molecule has 0 fully saturated rings. The lowest BCUT2D eigenvalue weighted by atomic mass is 10.3. The molecule has 0 saturated heterocycles. The molecule has 1 aromatic carbocycles. The zero-order valence-electron chi connectivity index (χ0n) is 9.46. The van der Waals surface area contributed by atoms with Gasteiger partial charge < -0.3 is 15.8 Å². The van der Waals surface area contributed by atoms with Crippen molar-refractivity contribution in [1.82, 2.24) is 19.7 Å². The number of aromatic nitrogens is 4. The van der Waals surface area contributed by atoms with E-state index in [0.29, 0.717) is 27.7 Å². The van der Waals surface area contributed by atoms with Crippen molar-refractivity contribution in [2.45, 2.75) is 0 Å². The van der Waals surface area contributed by atoms with E-state index in [-0.39, 0.29) is 5.56 Å². The van der Waals surface area contributed by atoms with E-state index in [9.17, 15) is 4.79 Å². The average Bonchev–Trinajstić information content (AvgIpc) is 2.95.